The standard InChI is InChI=1S/C15H19NO2S/c1-17-12-6-3-11(4-7-12)5-8-14(16)15-9-13(18-2)10-19-15/h3-4,6-7,9-10,14H,5,8,16H2,1-2H3. The molecular formula is C15H19NO2S. The molecule has 2 rings (SSSR count). The molecule has 0 aliphatic heterocycles. The Morgan fingerprint density at radius 1 is 1.11 bits per heavy atom. The van der Waals surface area contributed by atoms with Crippen molar-refractivity contribution >= 4 is 11.3 Å². The van der Waals surface area contributed by atoms with E-state index in [9.17, 15) is 0 Å². The van der Waals surface area contributed by atoms with Gasteiger partial charge >= 0.3 is 0 Å². The minimum atomic E-state index is 0.0657. The first kappa shape index (κ1) is 13.9. The first-order chi connectivity index (χ1) is 9.22. The smallest absolute Gasteiger partial charge is 0.129 e. The van der Waals surface area contributed by atoms with Gasteiger partial charge in [0.15, 0.2) is 0 Å². The summed E-state index contributed by atoms with van der Waals surface area (Å²) in [5.74, 6) is 1.77. The Hall–Kier alpha value is -1.52. The number of benzene rings is 1. The average molecular weight is 277 g/mol. The van der Waals surface area contributed by atoms with Gasteiger partial charge in [0.25, 0.3) is 0 Å². The first-order valence-corrected chi connectivity index (χ1v) is 7.12. The molecule has 3 nitrogen and oxygen atoms in total. The van der Waals surface area contributed by atoms with Crippen LogP contribution in [0.5, 0.6) is 11.5 Å². The molecule has 1 unspecified atom stereocenters. The van der Waals surface area contributed by atoms with E-state index in [-0.39, 0.29) is 6.04 Å². The lowest BCUT2D eigenvalue weighted by Gasteiger charge is -2.09. The number of nitrogens with two attached hydrogens (primary N) is 1. The molecule has 0 radical (unpaired) electrons. The lowest BCUT2D eigenvalue weighted by molar-refractivity contribution is 0.414. The summed E-state index contributed by atoms with van der Waals surface area (Å²) in [6.07, 6.45) is 1.89. The molecule has 0 saturated heterocycles. The maximum Gasteiger partial charge on any atom is 0.129 e. The summed E-state index contributed by atoms with van der Waals surface area (Å²) in [7, 11) is 3.35. The van der Waals surface area contributed by atoms with Crippen molar-refractivity contribution in [1.82, 2.24) is 0 Å². The molecule has 0 amide bonds. The lowest BCUT2D eigenvalue weighted by Crippen LogP contribution is -2.09. The topological polar surface area (TPSA) is 44.5 Å². The Bertz CT molecular complexity index is 507. The Kier molecular flexibility index (Phi) is 4.82. The highest BCUT2D eigenvalue weighted by Crippen LogP contribution is 2.28. The third-order valence-electron chi connectivity index (χ3n) is 3.10. The number of ether oxygens (including phenoxy) is 2. The molecule has 1 aromatic heterocycles. The number of methoxy groups -OCH3 is 2. The zero-order chi connectivity index (χ0) is 13.7. The van der Waals surface area contributed by atoms with Crippen molar-refractivity contribution in [2.24, 2.45) is 5.73 Å². The van der Waals surface area contributed by atoms with Gasteiger partial charge < -0.3 is 15.2 Å². The van der Waals surface area contributed by atoms with Crippen LogP contribution in [0, 0.1) is 0 Å². The zero-order valence-electron chi connectivity index (χ0n) is 11.3. The molecule has 0 saturated carbocycles. The number of aryl methyl sites for hydroxylation is 1. The second-order valence-electron chi connectivity index (χ2n) is 4.38. The number of thiophene rings is 1. The van der Waals surface area contributed by atoms with E-state index in [1.807, 2.05) is 23.6 Å². The molecule has 1 atom stereocenters. The molecule has 19 heavy (non-hydrogen) atoms. The Morgan fingerprint density at radius 2 is 1.79 bits per heavy atom. The van der Waals surface area contributed by atoms with Crippen molar-refractivity contribution in [3.63, 3.8) is 0 Å². The van der Waals surface area contributed by atoms with E-state index in [1.54, 1.807) is 25.6 Å². The zero-order valence-corrected chi connectivity index (χ0v) is 12.1. The van der Waals surface area contributed by atoms with Gasteiger partial charge in [-0.1, -0.05) is 12.1 Å². The van der Waals surface area contributed by atoms with Crippen molar-refractivity contribution < 1.29 is 9.47 Å². The molecule has 2 aromatic rings. The minimum Gasteiger partial charge on any atom is -0.497 e. The summed E-state index contributed by atoms with van der Waals surface area (Å²) < 4.78 is 10.3. The van der Waals surface area contributed by atoms with Gasteiger partial charge in [0.2, 0.25) is 0 Å². The first-order valence-electron chi connectivity index (χ1n) is 6.24. The van der Waals surface area contributed by atoms with Crippen LogP contribution in [-0.4, -0.2) is 14.2 Å². The summed E-state index contributed by atoms with van der Waals surface area (Å²) in [6, 6.07) is 10.2. The molecule has 0 aliphatic carbocycles. The highest BCUT2D eigenvalue weighted by atomic mass is 32.1. The lowest BCUT2D eigenvalue weighted by atomic mass is 10.0. The van der Waals surface area contributed by atoms with E-state index in [0.29, 0.717) is 0 Å². The molecule has 4 heteroatoms. The average Bonchev–Trinajstić information content (AvgIpc) is 2.94. The summed E-state index contributed by atoms with van der Waals surface area (Å²) in [5.41, 5.74) is 7.47. The van der Waals surface area contributed by atoms with E-state index in [0.717, 1.165) is 24.3 Å². The van der Waals surface area contributed by atoms with E-state index >= 15 is 0 Å². The van der Waals surface area contributed by atoms with Gasteiger partial charge in [-0.2, -0.15) is 0 Å². The number of hydrogen-bond donors (Lipinski definition) is 1. The van der Waals surface area contributed by atoms with Crippen molar-refractivity contribution in [1.29, 1.82) is 0 Å². The summed E-state index contributed by atoms with van der Waals surface area (Å²) in [6.45, 7) is 0. The quantitative estimate of drug-likeness (QED) is 0.880. The van der Waals surface area contributed by atoms with Gasteiger partial charge in [-0.25, -0.2) is 0 Å². The molecule has 2 N–H and O–H groups in total. The summed E-state index contributed by atoms with van der Waals surface area (Å²) in [5, 5.41) is 1.99. The maximum atomic E-state index is 6.20. The highest BCUT2D eigenvalue weighted by molar-refractivity contribution is 7.10. The number of rotatable bonds is 6. The van der Waals surface area contributed by atoms with Crippen LogP contribution in [-0.2, 0) is 6.42 Å². The number of hydrogen-bond acceptors (Lipinski definition) is 4. The molecule has 0 aliphatic rings. The van der Waals surface area contributed by atoms with Gasteiger partial charge in [-0.15, -0.1) is 11.3 Å². The van der Waals surface area contributed by atoms with Crippen molar-refractivity contribution in [2.75, 3.05) is 14.2 Å². The van der Waals surface area contributed by atoms with Gasteiger partial charge in [0, 0.05) is 16.3 Å². The molecule has 102 valence electrons. The molecule has 1 heterocycles. The molecule has 1 aromatic carbocycles. The van der Waals surface area contributed by atoms with Crippen LogP contribution < -0.4 is 15.2 Å². The van der Waals surface area contributed by atoms with Gasteiger partial charge in [-0.3, -0.25) is 0 Å². The van der Waals surface area contributed by atoms with E-state index < -0.39 is 0 Å². The normalized spacial score (nSPS) is 12.2. The van der Waals surface area contributed by atoms with Crippen molar-refractivity contribution in [3.05, 3.63) is 46.2 Å². The van der Waals surface area contributed by atoms with Gasteiger partial charge in [0.1, 0.15) is 11.5 Å². The highest BCUT2D eigenvalue weighted by Gasteiger charge is 2.09. The largest absolute Gasteiger partial charge is 0.497 e. The second-order valence-corrected chi connectivity index (χ2v) is 5.32. The van der Waals surface area contributed by atoms with Crippen LogP contribution in [0.25, 0.3) is 0 Å². The van der Waals surface area contributed by atoms with Gasteiger partial charge in [-0.05, 0) is 36.6 Å². The van der Waals surface area contributed by atoms with Crippen molar-refractivity contribution in [2.45, 2.75) is 18.9 Å². The van der Waals surface area contributed by atoms with Crippen LogP contribution in [0.15, 0.2) is 35.7 Å². The molecule has 0 spiro atoms. The Balaban J connectivity index is 1.90. The Morgan fingerprint density at radius 3 is 2.37 bits per heavy atom. The van der Waals surface area contributed by atoms with Crippen molar-refractivity contribution in [3.8, 4) is 11.5 Å². The monoisotopic (exact) mass is 277 g/mol. The Labute approximate surface area is 118 Å². The van der Waals surface area contributed by atoms with E-state index in [2.05, 4.69) is 12.1 Å². The molecule has 0 bridgehead atoms. The van der Waals surface area contributed by atoms with Crippen LogP contribution in [0.2, 0.25) is 0 Å². The van der Waals surface area contributed by atoms with E-state index in [4.69, 9.17) is 15.2 Å². The van der Waals surface area contributed by atoms with Gasteiger partial charge in [0.05, 0.1) is 14.2 Å². The molecular weight excluding hydrogens is 258 g/mol. The molecule has 0 fully saturated rings. The van der Waals surface area contributed by atoms with Crippen LogP contribution in [0.4, 0.5) is 0 Å². The minimum absolute atomic E-state index is 0.0657. The second kappa shape index (κ2) is 6.59. The fourth-order valence-corrected chi connectivity index (χ4v) is 2.79. The van der Waals surface area contributed by atoms with Crippen LogP contribution in [0.1, 0.15) is 22.9 Å². The third kappa shape index (κ3) is 3.72. The fourth-order valence-electron chi connectivity index (χ4n) is 1.89. The maximum absolute atomic E-state index is 6.20. The van der Waals surface area contributed by atoms with E-state index in [1.165, 1.54) is 10.4 Å². The van der Waals surface area contributed by atoms with Crippen LogP contribution >= 0.6 is 11.3 Å². The SMILES string of the molecule is COc1ccc(CCC(N)c2cc(OC)cs2)cc1. The predicted octanol–water partition coefficient (Wildman–Crippen LogP) is 3.40. The predicted molar refractivity (Wildman–Crippen MR) is 79.1 cm³/mol. The summed E-state index contributed by atoms with van der Waals surface area (Å²) >= 11 is 1.65. The third-order valence-corrected chi connectivity index (χ3v) is 4.14. The fraction of sp³-hybridized carbons (Fsp3) is 0.333. The summed E-state index contributed by atoms with van der Waals surface area (Å²) in [4.78, 5) is 1.17. The van der Waals surface area contributed by atoms with Crippen LogP contribution in [0.3, 0.4) is 0 Å².